The lowest BCUT2D eigenvalue weighted by molar-refractivity contribution is -0.135. The highest BCUT2D eigenvalue weighted by Crippen LogP contribution is 2.42. The number of esters is 2. The van der Waals surface area contributed by atoms with Crippen molar-refractivity contribution in [1.29, 1.82) is 0 Å². The van der Waals surface area contributed by atoms with Crippen molar-refractivity contribution in [1.82, 2.24) is 0 Å². The average molecular weight is 344 g/mol. The molecule has 0 amide bonds. The van der Waals surface area contributed by atoms with Crippen molar-refractivity contribution in [3.05, 3.63) is 30.3 Å². The van der Waals surface area contributed by atoms with Crippen LogP contribution in [0.3, 0.4) is 0 Å². The van der Waals surface area contributed by atoms with Crippen LogP contribution in [-0.4, -0.2) is 18.5 Å². The monoisotopic (exact) mass is 344 g/mol. The molecule has 0 fully saturated rings. The summed E-state index contributed by atoms with van der Waals surface area (Å²) in [6, 6.07) is 8.96. The Kier molecular flexibility index (Phi) is 6.81. The van der Waals surface area contributed by atoms with Gasteiger partial charge in [0.1, 0.15) is 5.75 Å². The smallest absolute Gasteiger partial charge is 0.311 e. The molecule has 134 valence electrons. The van der Waals surface area contributed by atoms with Gasteiger partial charge < -0.3 is 14.2 Å². The zero-order valence-electron chi connectivity index (χ0n) is 15.0. The van der Waals surface area contributed by atoms with Gasteiger partial charge in [-0.25, -0.2) is 0 Å². The van der Waals surface area contributed by atoms with Crippen LogP contribution in [0.1, 0.15) is 46.5 Å². The molecule has 2 rings (SSSR count). The minimum Gasteiger partial charge on any atom is -0.490 e. The molecule has 0 aliphatic rings. The van der Waals surface area contributed by atoms with E-state index in [-0.39, 0.29) is 24.8 Å². The van der Waals surface area contributed by atoms with E-state index in [0.717, 1.165) is 12.8 Å². The number of rotatable bonds is 8. The largest absolute Gasteiger partial charge is 0.490 e. The molecule has 0 radical (unpaired) electrons. The zero-order valence-corrected chi connectivity index (χ0v) is 15.0. The molecule has 0 aromatic heterocycles. The molecule has 2 aromatic rings. The van der Waals surface area contributed by atoms with E-state index in [4.69, 9.17) is 14.2 Å². The van der Waals surface area contributed by atoms with Crippen molar-refractivity contribution in [2.75, 3.05) is 6.61 Å². The van der Waals surface area contributed by atoms with Gasteiger partial charge in [0.15, 0.2) is 11.5 Å². The van der Waals surface area contributed by atoms with Crippen LogP contribution in [0.25, 0.3) is 10.8 Å². The first-order valence-electron chi connectivity index (χ1n) is 8.70. The third-order valence-corrected chi connectivity index (χ3v) is 3.70. The third-order valence-electron chi connectivity index (χ3n) is 3.70. The Morgan fingerprint density at radius 2 is 1.52 bits per heavy atom. The Balaban J connectivity index is 2.56. The maximum atomic E-state index is 11.9. The maximum absolute atomic E-state index is 11.9. The van der Waals surface area contributed by atoms with Crippen LogP contribution >= 0.6 is 0 Å². The number of hydrogen-bond acceptors (Lipinski definition) is 5. The second kappa shape index (κ2) is 9.06. The van der Waals surface area contributed by atoms with Gasteiger partial charge in [-0.15, -0.1) is 0 Å². The summed E-state index contributed by atoms with van der Waals surface area (Å²) in [5.41, 5.74) is 0. The van der Waals surface area contributed by atoms with E-state index in [1.807, 2.05) is 24.3 Å². The average Bonchev–Trinajstić information content (AvgIpc) is 2.64. The standard InChI is InChI=1S/C20H24O5/c1-4-7-12-23-17-13-16(24-18(21)5-2)14-10-8-9-11-15(14)20(17)25-19(22)6-3/h8-11,13H,4-7,12H2,1-3H3. The molecule has 0 unspecified atom stereocenters. The minimum absolute atomic E-state index is 0.259. The lowest BCUT2D eigenvalue weighted by atomic mass is 10.1. The fourth-order valence-electron chi connectivity index (χ4n) is 2.30. The molecule has 2 aromatic carbocycles. The van der Waals surface area contributed by atoms with Crippen molar-refractivity contribution in [2.24, 2.45) is 0 Å². The lowest BCUT2D eigenvalue weighted by Crippen LogP contribution is -2.10. The molecule has 0 heterocycles. The number of benzene rings is 2. The minimum atomic E-state index is -0.344. The molecule has 0 aliphatic carbocycles. The Hall–Kier alpha value is -2.56. The first-order valence-corrected chi connectivity index (χ1v) is 8.70. The molecule has 5 heteroatoms. The summed E-state index contributed by atoms with van der Waals surface area (Å²) in [6.45, 7) is 6.03. The van der Waals surface area contributed by atoms with Gasteiger partial charge >= 0.3 is 11.9 Å². The summed E-state index contributed by atoms with van der Waals surface area (Å²) in [7, 11) is 0. The van der Waals surface area contributed by atoms with Gasteiger partial charge in [-0.1, -0.05) is 51.5 Å². The molecule has 0 N–H and O–H groups in total. The van der Waals surface area contributed by atoms with Crippen molar-refractivity contribution in [2.45, 2.75) is 46.5 Å². The molecule has 25 heavy (non-hydrogen) atoms. The number of carbonyl (C=O) groups excluding carboxylic acids is 2. The normalized spacial score (nSPS) is 10.5. The van der Waals surface area contributed by atoms with Gasteiger partial charge in [0.05, 0.1) is 6.61 Å². The van der Waals surface area contributed by atoms with Crippen molar-refractivity contribution >= 4 is 22.7 Å². The van der Waals surface area contributed by atoms with Gasteiger partial charge in [0.2, 0.25) is 0 Å². The summed E-state index contributed by atoms with van der Waals surface area (Å²) < 4.78 is 16.8. The fraction of sp³-hybridized carbons (Fsp3) is 0.400. The van der Waals surface area contributed by atoms with Gasteiger partial charge in [-0.2, -0.15) is 0 Å². The Labute approximate surface area is 147 Å². The number of hydrogen-bond donors (Lipinski definition) is 0. The van der Waals surface area contributed by atoms with E-state index in [1.54, 1.807) is 19.9 Å². The topological polar surface area (TPSA) is 61.8 Å². The quantitative estimate of drug-likeness (QED) is 0.396. The molecule has 0 atom stereocenters. The van der Waals surface area contributed by atoms with E-state index in [2.05, 4.69) is 6.92 Å². The Morgan fingerprint density at radius 3 is 2.16 bits per heavy atom. The van der Waals surface area contributed by atoms with Crippen LogP contribution in [0.4, 0.5) is 0 Å². The van der Waals surface area contributed by atoms with Crippen LogP contribution in [0.2, 0.25) is 0 Å². The third kappa shape index (κ3) is 4.72. The van der Waals surface area contributed by atoms with E-state index < -0.39 is 0 Å². The van der Waals surface area contributed by atoms with E-state index >= 15 is 0 Å². The Bertz CT molecular complexity index is 751. The first kappa shape index (κ1) is 18.8. The van der Waals surface area contributed by atoms with Crippen molar-refractivity contribution < 1.29 is 23.8 Å². The number of ether oxygens (including phenoxy) is 3. The summed E-state index contributed by atoms with van der Waals surface area (Å²) in [5.74, 6) is 0.514. The molecule has 0 aliphatic heterocycles. The number of unbranched alkanes of at least 4 members (excludes halogenated alkanes) is 1. The highest BCUT2D eigenvalue weighted by atomic mass is 16.6. The predicted octanol–water partition coefficient (Wildman–Crippen LogP) is 4.65. The molecular formula is C20H24O5. The molecule has 0 saturated carbocycles. The van der Waals surface area contributed by atoms with Gasteiger partial charge in [-0.05, 0) is 6.42 Å². The fourth-order valence-corrected chi connectivity index (χ4v) is 2.30. The van der Waals surface area contributed by atoms with Gasteiger partial charge in [-0.3, -0.25) is 9.59 Å². The van der Waals surface area contributed by atoms with Gasteiger partial charge in [0, 0.05) is 29.7 Å². The SMILES string of the molecule is CCCCOc1cc(OC(=O)CC)c2ccccc2c1OC(=O)CC. The van der Waals surface area contributed by atoms with Crippen molar-refractivity contribution in [3.63, 3.8) is 0 Å². The molecule has 0 bridgehead atoms. The molecule has 0 spiro atoms. The van der Waals surface area contributed by atoms with Crippen LogP contribution < -0.4 is 14.2 Å². The van der Waals surface area contributed by atoms with Gasteiger partial charge in [0.25, 0.3) is 0 Å². The molecule has 0 saturated heterocycles. The second-order valence-corrected chi connectivity index (χ2v) is 5.60. The summed E-state index contributed by atoms with van der Waals surface area (Å²) in [6.07, 6.45) is 2.38. The van der Waals surface area contributed by atoms with E-state index in [9.17, 15) is 9.59 Å². The second-order valence-electron chi connectivity index (χ2n) is 5.60. The Morgan fingerprint density at radius 1 is 0.880 bits per heavy atom. The molecule has 5 nitrogen and oxygen atoms in total. The van der Waals surface area contributed by atoms with Crippen LogP contribution in [0, 0.1) is 0 Å². The summed E-state index contributed by atoms with van der Waals surface area (Å²) in [5, 5.41) is 1.38. The summed E-state index contributed by atoms with van der Waals surface area (Å²) in [4.78, 5) is 23.6. The molecular weight excluding hydrogens is 320 g/mol. The van der Waals surface area contributed by atoms with E-state index in [1.165, 1.54) is 0 Å². The first-order chi connectivity index (χ1) is 12.1. The lowest BCUT2D eigenvalue weighted by Gasteiger charge is -2.16. The van der Waals surface area contributed by atoms with Crippen molar-refractivity contribution in [3.8, 4) is 17.2 Å². The highest BCUT2D eigenvalue weighted by molar-refractivity contribution is 5.98. The van der Waals surface area contributed by atoms with Crippen LogP contribution in [0.5, 0.6) is 17.2 Å². The number of carbonyl (C=O) groups is 2. The van der Waals surface area contributed by atoms with Crippen LogP contribution in [0.15, 0.2) is 30.3 Å². The summed E-state index contributed by atoms with van der Waals surface area (Å²) >= 11 is 0. The zero-order chi connectivity index (χ0) is 18.2. The van der Waals surface area contributed by atoms with E-state index in [0.29, 0.717) is 34.6 Å². The van der Waals surface area contributed by atoms with Crippen LogP contribution in [-0.2, 0) is 9.59 Å². The number of fused-ring (bicyclic) bond motifs is 1. The maximum Gasteiger partial charge on any atom is 0.311 e. The predicted molar refractivity (Wildman–Crippen MR) is 96.2 cm³/mol. The highest BCUT2D eigenvalue weighted by Gasteiger charge is 2.19.